The molecule has 3 atom stereocenters. The summed E-state index contributed by atoms with van der Waals surface area (Å²) >= 11 is 0. The van der Waals surface area contributed by atoms with E-state index in [1.807, 2.05) is 31.7 Å². The molecule has 1 aromatic rings. The van der Waals surface area contributed by atoms with E-state index in [2.05, 4.69) is 19.2 Å². The number of carbonyl (C=O) groups is 1. The first-order valence-electron chi connectivity index (χ1n) is 7.67. The lowest BCUT2D eigenvalue weighted by molar-refractivity contribution is -0.133. The van der Waals surface area contributed by atoms with Crippen molar-refractivity contribution in [3.63, 3.8) is 0 Å². The van der Waals surface area contributed by atoms with Gasteiger partial charge in [-0.2, -0.15) is 0 Å². The van der Waals surface area contributed by atoms with Crippen molar-refractivity contribution in [2.75, 3.05) is 0 Å². The summed E-state index contributed by atoms with van der Waals surface area (Å²) < 4.78 is 14.2. The highest BCUT2D eigenvalue weighted by Gasteiger charge is 2.44. The second-order valence-corrected chi connectivity index (χ2v) is 6.54. The van der Waals surface area contributed by atoms with E-state index >= 15 is 0 Å². The Morgan fingerprint density at radius 1 is 1.14 bits per heavy atom. The summed E-state index contributed by atoms with van der Waals surface area (Å²) in [7, 11) is 0. The zero-order valence-corrected chi connectivity index (χ0v) is 13.4. The van der Waals surface area contributed by atoms with Gasteiger partial charge in [0.25, 0.3) is 0 Å². The molecule has 0 bridgehead atoms. The standard InChI is InChI=1S/C17H25FN2O/c1-10(2)12(5)20-16(13-8-6-7-9-14(13)18)19-15(11(3)4)17(20)21/h6-12,15-16,19H,1-5H3. The Labute approximate surface area is 126 Å². The number of hydrogen-bond acceptors (Lipinski definition) is 2. The number of nitrogens with one attached hydrogen (secondary N) is 1. The Hall–Kier alpha value is -1.42. The maximum atomic E-state index is 14.2. The molecule has 1 aliphatic rings. The highest BCUT2D eigenvalue weighted by atomic mass is 19.1. The second kappa shape index (κ2) is 6.14. The maximum Gasteiger partial charge on any atom is 0.241 e. The number of hydrogen-bond donors (Lipinski definition) is 1. The molecule has 0 aliphatic carbocycles. The quantitative estimate of drug-likeness (QED) is 0.923. The molecule has 3 unspecified atom stereocenters. The first-order chi connectivity index (χ1) is 9.84. The van der Waals surface area contributed by atoms with Crippen LogP contribution in [0.15, 0.2) is 24.3 Å². The molecule has 3 nitrogen and oxygen atoms in total. The molecule has 4 heteroatoms. The van der Waals surface area contributed by atoms with E-state index in [1.165, 1.54) is 6.07 Å². The van der Waals surface area contributed by atoms with E-state index in [0.29, 0.717) is 11.5 Å². The molecule has 1 fully saturated rings. The average molecular weight is 292 g/mol. The Bertz CT molecular complexity index is 515. The number of amides is 1. The van der Waals surface area contributed by atoms with Gasteiger partial charge in [-0.25, -0.2) is 4.39 Å². The SMILES string of the molecule is CC(C)C1NC(c2ccccc2F)N(C(C)C(C)C)C1=O. The lowest BCUT2D eigenvalue weighted by Crippen LogP contribution is -2.42. The number of rotatable bonds is 4. The monoisotopic (exact) mass is 292 g/mol. The van der Waals surface area contributed by atoms with Crippen molar-refractivity contribution < 1.29 is 9.18 Å². The van der Waals surface area contributed by atoms with Crippen LogP contribution in [0.5, 0.6) is 0 Å². The van der Waals surface area contributed by atoms with Gasteiger partial charge in [0.2, 0.25) is 5.91 Å². The first-order valence-corrected chi connectivity index (χ1v) is 7.67. The topological polar surface area (TPSA) is 32.3 Å². The number of carbonyl (C=O) groups excluding carboxylic acids is 1. The van der Waals surface area contributed by atoms with Gasteiger partial charge in [-0.05, 0) is 24.8 Å². The summed E-state index contributed by atoms with van der Waals surface area (Å²) in [5.74, 6) is 0.291. The van der Waals surface area contributed by atoms with Crippen LogP contribution in [0, 0.1) is 17.7 Å². The van der Waals surface area contributed by atoms with Crippen LogP contribution in [0.3, 0.4) is 0 Å². The van der Waals surface area contributed by atoms with Crippen LogP contribution in [0.25, 0.3) is 0 Å². The van der Waals surface area contributed by atoms with Crippen molar-refractivity contribution in [3.05, 3.63) is 35.6 Å². The van der Waals surface area contributed by atoms with Crippen LogP contribution in [-0.2, 0) is 4.79 Å². The third-order valence-corrected chi connectivity index (χ3v) is 4.41. The molecule has 0 aromatic heterocycles. The minimum absolute atomic E-state index is 0.0540. The number of nitrogens with zero attached hydrogens (tertiary/aromatic N) is 1. The molecular formula is C17H25FN2O. The third kappa shape index (κ3) is 2.95. The normalized spacial score (nSPS) is 24.2. The molecule has 1 N–H and O–H groups in total. The van der Waals surface area contributed by atoms with Crippen LogP contribution in [0.1, 0.15) is 46.3 Å². The average Bonchev–Trinajstić information content (AvgIpc) is 2.76. The molecule has 1 heterocycles. The van der Waals surface area contributed by atoms with Crippen molar-refractivity contribution in [1.29, 1.82) is 0 Å². The van der Waals surface area contributed by atoms with Gasteiger partial charge < -0.3 is 4.90 Å². The lowest BCUT2D eigenvalue weighted by Gasteiger charge is -2.33. The minimum atomic E-state index is -0.386. The van der Waals surface area contributed by atoms with Crippen LogP contribution < -0.4 is 5.32 Å². The van der Waals surface area contributed by atoms with E-state index in [-0.39, 0.29) is 35.9 Å². The van der Waals surface area contributed by atoms with Gasteiger partial charge in [-0.3, -0.25) is 10.1 Å². The van der Waals surface area contributed by atoms with Gasteiger partial charge in [0.15, 0.2) is 0 Å². The minimum Gasteiger partial charge on any atom is -0.318 e. The highest BCUT2D eigenvalue weighted by molar-refractivity contribution is 5.85. The molecule has 1 amide bonds. The molecule has 2 rings (SSSR count). The summed E-state index contributed by atoms with van der Waals surface area (Å²) in [6, 6.07) is 6.48. The Balaban J connectivity index is 2.41. The first kappa shape index (κ1) is 16.0. The van der Waals surface area contributed by atoms with Crippen molar-refractivity contribution in [3.8, 4) is 0 Å². The fraction of sp³-hybridized carbons (Fsp3) is 0.588. The van der Waals surface area contributed by atoms with Crippen LogP contribution in [0.4, 0.5) is 4.39 Å². The van der Waals surface area contributed by atoms with Crippen LogP contribution >= 0.6 is 0 Å². The van der Waals surface area contributed by atoms with Crippen molar-refractivity contribution in [1.82, 2.24) is 10.2 Å². The summed E-state index contributed by atoms with van der Waals surface area (Å²) in [5, 5.41) is 3.32. The van der Waals surface area contributed by atoms with E-state index in [4.69, 9.17) is 0 Å². The summed E-state index contributed by atoms with van der Waals surface area (Å²) in [5.41, 5.74) is 0.543. The van der Waals surface area contributed by atoms with Crippen LogP contribution in [-0.4, -0.2) is 22.9 Å². The number of halogens is 1. The van der Waals surface area contributed by atoms with Gasteiger partial charge in [-0.1, -0.05) is 45.9 Å². The second-order valence-electron chi connectivity index (χ2n) is 6.54. The van der Waals surface area contributed by atoms with Crippen molar-refractivity contribution >= 4 is 5.91 Å². The summed E-state index contributed by atoms with van der Waals surface area (Å²) in [6.45, 7) is 10.2. The summed E-state index contributed by atoms with van der Waals surface area (Å²) in [4.78, 5) is 14.5. The Morgan fingerprint density at radius 3 is 2.29 bits per heavy atom. The molecule has 0 saturated carbocycles. The molecule has 1 saturated heterocycles. The van der Waals surface area contributed by atoms with E-state index in [9.17, 15) is 9.18 Å². The van der Waals surface area contributed by atoms with Crippen molar-refractivity contribution in [2.24, 2.45) is 11.8 Å². The fourth-order valence-electron chi connectivity index (χ4n) is 2.78. The largest absolute Gasteiger partial charge is 0.318 e. The van der Waals surface area contributed by atoms with Gasteiger partial charge >= 0.3 is 0 Å². The smallest absolute Gasteiger partial charge is 0.241 e. The van der Waals surface area contributed by atoms with Crippen LogP contribution in [0.2, 0.25) is 0 Å². The van der Waals surface area contributed by atoms with Crippen molar-refractivity contribution in [2.45, 2.75) is 52.9 Å². The molecule has 116 valence electrons. The molecule has 0 spiro atoms. The third-order valence-electron chi connectivity index (χ3n) is 4.41. The Kier molecular flexibility index (Phi) is 4.67. The zero-order valence-electron chi connectivity index (χ0n) is 13.4. The fourth-order valence-corrected chi connectivity index (χ4v) is 2.78. The van der Waals surface area contributed by atoms with E-state index in [0.717, 1.165) is 0 Å². The molecular weight excluding hydrogens is 267 g/mol. The predicted molar refractivity (Wildman–Crippen MR) is 82.0 cm³/mol. The molecule has 0 radical (unpaired) electrons. The maximum absolute atomic E-state index is 14.2. The van der Waals surface area contributed by atoms with E-state index < -0.39 is 0 Å². The molecule has 1 aliphatic heterocycles. The van der Waals surface area contributed by atoms with Gasteiger partial charge in [0, 0.05) is 11.6 Å². The highest BCUT2D eigenvalue weighted by Crippen LogP contribution is 2.33. The molecule has 21 heavy (non-hydrogen) atoms. The van der Waals surface area contributed by atoms with Gasteiger partial charge in [0.05, 0.1) is 6.04 Å². The lowest BCUT2D eigenvalue weighted by atomic mass is 10.0. The molecule has 1 aromatic carbocycles. The van der Waals surface area contributed by atoms with Gasteiger partial charge in [0.1, 0.15) is 12.0 Å². The number of benzene rings is 1. The Morgan fingerprint density at radius 2 is 1.76 bits per heavy atom. The summed E-state index contributed by atoms with van der Waals surface area (Å²) in [6.07, 6.45) is -0.386. The van der Waals surface area contributed by atoms with E-state index in [1.54, 1.807) is 12.1 Å². The predicted octanol–water partition coefficient (Wildman–Crippen LogP) is 3.33. The zero-order chi connectivity index (χ0) is 15.7. The van der Waals surface area contributed by atoms with Gasteiger partial charge in [-0.15, -0.1) is 0 Å².